The molecule has 0 amide bonds. The largest absolute Gasteiger partial charge is 0.507 e. The lowest BCUT2D eigenvalue weighted by Gasteiger charge is -2.06. The van der Waals surface area contributed by atoms with Gasteiger partial charge in [0.1, 0.15) is 5.75 Å². The van der Waals surface area contributed by atoms with E-state index in [9.17, 15) is 9.90 Å². The van der Waals surface area contributed by atoms with Crippen molar-refractivity contribution in [2.75, 3.05) is 0 Å². The Hall–Kier alpha value is -1.02. The number of carbonyl (C=O) groups excluding carboxylic acids is 1. The van der Waals surface area contributed by atoms with Crippen LogP contribution >= 0.6 is 11.6 Å². The number of phenols is 1. The Kier molecular flexibility index (Phi) is 2.94. The number of halogens is 1. The Balaban J connectivity index is 3.30. The number of carbonyl (C=O) groups is 1. The number of aryl methyl sites for hydroxylation is 1. The third kappa shape index (κ3) is 2.01. The predicted molar refractivity (Wildman–Crippen MR) is 52.4 cm³/mol. The van der Waals surface area contributed by atoms with Crippen LogP contribution in [0.2, 0.25) is 0 Å². The molecular formula is C10H11ClO2. The van der Waals surface area contributed by atoms with Crippen molar-refractivity contribution in [3.8, 4) is 5.75 Å². The van der Waals surface area contributed by atoms with E-state index in [4.69, 9.17) is 11.6 Å². The van der Waals surface area contributed by atoms with E-state index in [2.05, 4.69) is 0 Å². The molecule has 0 aliphatic rings. The summed E-state index contributed by atoms with van der Waals surface area (Å²) < 4.78 is 0. The van der Waals surface area contributed by atoms with Gasteiger partial charge in [0.25, 0.3) is 0 Å². The van der Waals surface area contributed by atoms with Gasteiger partial charge in [-0.1, -0.05) is 0 Å². The Bertz CT molecular complexity index is 345. The molecule has 0 radical (unpaired) electrons. The summed E-state index contributed by atoms with van der Waals surface area (Å²) in [7, 11) is 0. The van der Waals surface area contributed by atoms with E-state index in [-0.39, 0.29) is 17.4 Å². The molecule has 1 N–H and O–H groups in total. The van der Waals surface area contributed by atoms with E-state index in [1.54, 1.807) is 19.1 Å². The zero-order valence-electron chi connectivity index (χ0n) is 7.60. The summed E-state index contributed by atoms with van der Waals surface area (Å²) in [4.78, 5) is 11.1. The fraction of sp³-hybridized carbons (Fsp3) is 0.300. The second kappa shape index (κ2) is 3.79. The fourth-order valence-corrected chi connectivity index (χ4v) is 1.36. The van der Waals surface area contributed by atoms with Crippen molar-refractivity contribution in [3.05, 3.63) is 28.8 Å². The lowest BCUT2D eigenvalue weighted by molar-refractivity contribution is 0.101. The minimum absolute atomic E-state index is 0.0190. The molecular weight excluding hydrogens is 188 g/mol. The first-order chi connectivity index (χ1) is 6.06. The summed E-state index contributed by atoms with van der Waals surface area (Å²) in [5, 5.41) is 9.51. The van der Waals surface area contributed by atoms with Gasteiger partial charge < -0.3 is 5.11 Å². The van der Waals surface area contributed by atoms with Crippen LogP contribution in [0.1, 0.15) is 28.4 Å². The molecule has 3 heteroatoms. The number of ketones is 1. The van der Waals surface area contributed by atoms with Gasteiger partial charge in [-0.15, -0.1) is 11.6 Å². The van der Waals surface area contributed by atoms with Crippen molar-refractivity contribution in [2.24, 2.45) is 0 Å². The van der Waals surface area contributed by atoms with Crippen LogP contribution in [0.5, 0.6) is 5.75 Å². The zero-order chi connectivity index (χ0) is 10.0. The topological polar surface area (TPSA) is 37.3 Å². The van der Waals surface area contributed by atoms with Crippen LogP contribution in [0.3, 0.4) is 0 Å². The summed E-state index contributed by atoms with van der Waals surface area (Å²) in [6.45, 7) is 3.24. The van der Waals surface area contributed by atoms with Gasteiger partial charge in [-0.3, -0.25) is 4.79 Å². The van der Waals surface area contributed by atoms with Crippen LogP contribution in [-0.4, -0.2) is 10.9 Å². The molecule has 0 spiro atoms. The Morgan fingerprint density at radius 1 is 1.54 bits per heavy atom. The maximum Gasteiger partial charge on any atom is 0.159 e. The first-order valence-electron chi connectivity index (χ1n) is 3.95. The van der Waals surface area contributed by atoms with Gasteiger partial charge in [0, 0.05) is 11.1 Å². The fourth-order valence-electron chi connectivity index (χ4n) is 1.16. The second-order valence-electron chi connectivity index (χ2n) is 2.99. The maximum atomic E-state index is 11.1. The van der Waals surface area contributed by atoms with E-state index in [1.807, 2.05) is 0 Å². The van der Waals surface area contributed by atoms with Gasteiger partial charge in [-0.05, 0) is 31.5 Å². The third-order valence-corrected chi connectivity index (χ3v) is 2.22. The Labute approximate surface area is 82.2 Å². The lowest BCUT2D eigenvalue weighted by Crippen LogP contribution is -1.95. The van der Waals surface area contributed by atoms with Crippen molar-refractivity contribution < 1.29 is 9.90 Å². The van der Waals surface area contributed by atoms with Crippen LogP contribution in [-0.2, 0) is 5.88 Å². The molecule has 0 aliphatic carbocycles. The highest BCUT2D eigenvalue weighted by Gasteiger charge is 2.08. The van der Waals surface area contributed by atoms with Gasteiger partial charge in [-0.2, -0.15) is 0 Å². The normalized spacial score (nSPS) is 10.1. The number of Topliss-reactive ketones (excluding diaryl/α,β-unsaturated/α-hetero) is 1. The third-order valence-electron chi connectivity index (χ3n) is 1.93. The van der Waals surface area contributed by atoms with Crippen LogP contribution < -0.4 is 0 Å². The molecule has 0 atom stereocenters. The van der Waals surface area contributed by atoms with Crippen LogP contribution in [0, 0.1) is 6.92 Å². The summed E-state index contributed by atoms with van der Waals surface area (Å²) in [6, 6.07) is 3.28. The predicted octanol–water partition coefficient (Wildman–Crippen LogP) is 2.64. The van der Waals surface area contributed by atoms with Crippen molar-refractivity contribution in [3.63, 3.8) is 0 Å². The van der Waals surface area contributed by atoms with Gasteiger partial charge in [0.2, 0.25) is 0 Å². The highest BCUT2D eigenvalue weighted by Crippen LogP contribution is 2.25. The first kappa shape index (κ1) is 10.1. The van der Waals surface area contributed by atoms with Gasteiger partial charge in [-0.25, -0.2) is 0 Å². The highest BCUT2D eigenvalue weighted by molar-refractivity contribution is 6.17. The van der Waals surface area contributed by atoms with E-state index < -0.39 is 0 Å². The van der Waals surface area contributed by atoms with Crippen LogP contribution in [0.15, 0.2) is 12.1 Å². The number of phenolic OH excluding ortho intramolecular Hbond substituents is 1. The van der Waals surface area contributed by atoms with Crippen molar-refractivity contribution in [2.45, 2.75) is 19.7 Å². The highest BCUT2D eigenvalue weighted by atomic mass is 35.5. The van der Waals surface area contributed by atoms with E-state index in [1.165, 1.54) is 6.92 Å². The zero-order valence-corrected chi connectivity index (χ0v) is 8.35. The van der Waals surface area contributed by atoms with Crippen LogP contribution in [0.25, 0.3) is 0 Å². The number of rotatable bonds is 2. The van der Waals surface area contributed by atoms with Crippen molar-refractivity contribution in [1.82, 2.24) is 0 Å². The number of alkyl halides is 1. The van der Waals surface area contributed by atoms with Gasteiger partial charge in [0.05, 0.1) is 5.88 Å². The molecule has 1 rings (SSSR count). The Morgan fingerprint density at radius 2 is 2.15 bits per heavy atom. The molecule has 0 fully saturated rings. The maximum absolute atomic E-state index is 11.1. The molecule has 0 heterocycles. The minimum Gasteiger partial charge on any atom is -0.507 e. The summed E-state index contributed by atoms with van der Waals surface area (Å²) in [5.41, 5.74) is 1.88. The lowest BCUT2D eigenvalue weighted by atomic mass is 10.0. The van der Waals surface area contributed by atoms with Gasteiger partial charge >= 0.3 is 0 Å². The van der Waals surface area contributed by atoms with E-state index >= 15 is 0 Å². The molecule has 70 valence electrons. The molecule has 1 aromatic rings. The Morgan fingerprint density at radius 3 is 2.62 bits per heavy atom. The minimum atomic E-state index is -0.0190. The quantitative estimate of drug-likeness (QED) is 0.586. The smallest absolute Gasteiger partial charge is 0.159 e. The number of benzene rings is 1. The molecule has 0 aromatic heterocycles. The van der Waals surface area contributed by atoms with Crippen molar-refractivity contribution in [1.29, 1.82) is 0 Å². The molecule has 2 nitrogen and oxygen atoms in total. The average Bonchev–Trinajstić information content (AvgIpc) is 2.09. The number of hydrogen-bond donors (Lipinski definition) is 1. The second-order valence-corrected chi connectivity index (χ2v) is 3.26. The molecule has 0 unspecified atom stereocenters. The first-order valence-corrected chi connectivity index (χ1v) is 4.49. The molecule has 0 saturated carbocycles. The van der Waals surface area contributed by atoms with E-state index in [0.29, 0.717) is 16.7 Å². The van der Waals surface area contributed by atoms with E-state index in [0.717, 1.165) is 0 Å². The van der Waals surface area contributed by atoms with Crippen LogP contribution in [0.4, 0.5) is 0 Å². The molecule has 0 saturated heterocycles. The monoisotopic (exact) mass is 198 g/mol. The SMILES string of the molecule is CC(=O)c1cc(C)c(O)c(CCl)c1. The summed E-state index contributed by atoms with van der Waals surface area (Å²) in [5.74, 6) is 0.378. The average molecular weight is 199 g/mol. The standard InChI is InChI=1S/C10H11ClO2/c1-6-3-8(7(2)12)4-9(5-11)10(6)13/h3-4,13H,5H2,1-2H3. The van der Waals surface area contributed by atoms with Crippen molar-refractivity contribution >= 4 is 17.4 Å². The molecule has 1 aromatic carbocycles. The molecule has 13 heavy (non-hydrogen) atoms. The molecule has 0 bridgehead atoms. The van der Waals surface area contributed by atoms with Gasteiger partial charge in [0.15, 0.2) is 5.78 Å². The molecule has 0 aliphatic heterocycles. The summed E-state index contributed by atoms with van der Waals surface area (Å²) >= 11 is 5.61. The summed E-state index contributed by atoms with van der Waals surface area (Å²) in [6.07, 6.45) is 0. The number of hydrogen-bond acceptors (Lipinski definition) is 2. The number of aromatic hydroxyl groups is 1.